The van der Waals surface area contributed by atoms with E-state index in [9.17, 15) is 22.8 Å². The SMILES string of the molecule is CC[C@@H]1CN(C(=O)OC(C)(C)C)c2cc(OCc3ccccc3)c3[nH]c(C(F)(F)F)c(C(=O)OC)c3c21. The summed E-state index contributed by atoms with van der Waals surface area (Å²) < 4.78 is 58.7. The number of H-pyrrole nitrogens is 1. The van der Waals surface area contributed by atoms with Crippen LogP contribution in [0.3, 0.4) is 0 Å². The van der Waals surface area contributed by atoms with Crippen LogP contribution in [-0.2, 0) is 22.3 Å². The van der Waals surface area contributed by atoms with E-state index in [1.165, 1.54) is 11.0 Å². The molecule has 0 aliphatic carbocycles. The van der Waals surface area contributed by atoms with Crippen molar-refractivity contribution in [3.05, 3.63) is 58.8 Å². The summed E-state index contributed by atoms with van der Waals surface area (Å²) in [6.07, 6.45) is -4.99. The van der Waals surface area contributed by atoms with Crippen molar-refractivity contribution >= 4 is 28.7 Å². The lowest BCUT2D eigenvalue weighted by molar-refractivity contribution is -0.141. The highest BCUT2D eigenvalue weighted by Crippen LogP contribution is 2.50. The third kappa shape index (κ3) is 5.10. The van der Waals surface area contributed by atoms with Crippen LogP contribution in [0.2, 0.25) is 0 Å². The molecular weight excluding hydrogens is 489 g/mol. The molecule has 1 N–H and O–H groups in total. The summed E-state index contributed by atoms with van der Waals surface area (Å²) in [5.41, 5.74) is -1.03. The van der Waals surface area contributed by atoms with Crippen molar-refractivity contribution in [2.75, 3.05) is 18.6 Å². The number of ether oxygens (including phenoxy) is 3. The molecule has 1 aromatic heterocycles. The zero-order chi connectivity index (χ0) is 27.1. The number of amides is 1. The fourth-order valence-electron chi connectivity index (χ4n) is 4.59. The maximum atomic E-state index is 14.1. The minimum Gasteiger partial charge on any atom is -0.487 e. The van der Waals surface area contributed by atoms with Gasteiger partial charge in [0, 0.05) is 23.9 Å². The molecular formula is C27H29F3N2O5. The molecule has 2 aromatic carbocycles. The maximum Gasteiger partial charge on any atom is 0.432 e. The predicted octanol–water partition coefficient (Wildman–Crippen LogP) is 6.80. The standard InChI is InChI=1S/C27H29F3N2O5/c1-6-16-13-32(25(34)37-26(2,3)4)17-12-18(36-14-15-10-8-7-9-11-15)22-20(19(16)17)21(24(33)35-5)23(31-22)27(28,29)30/h7-12,16,31H,6,13-14H2,1-5H3/t16-/m1/s1. The van der Waals surface area contributed by atoms with Crippen LogP contribution in [0, 0.1) is 0 Å². The summed E-state index contributed by atoms with van der Waals surface area (Å²) in [5.74, 6) is -1.40. The Balaban J connectivity index is 1.99. The Labute approximate surface area is 212 Å². The Kier molecular flexibility index (Phi) is 6.87. The normalized spacial score (nSPS) is 15.6. The third-order valence-corrected chi connectivity index (χ3v) is 6.18. The van der Waals surface area contributed by atoms with E-state index in [1.807, 2.05) is 37.3 Å². The minimum atomic E-state index is -4.86. The van der Waals surface area contributed by atoms with Crippen molar-refractivity contribution in [2.24, 2.45) is 0 Å². The molecule has 0 spiro atoms. The molecule has 1 atom stereocenters. The molecule has 0 radical (unpaired) electrons. The van der Waals surface area contributed by atoms with Crippen LogP contribution in [0.25, 0.3) is 10.9 Å². The molecule has 4 rings (SSSR count). The number of hydrogen-bond acceptors (Lipinski definition) is 5. The van der Waals surface area contributed by atoms with Crippen LogP contribution in [0.4, 0.5) is 23.7 Å². The van der Waals surface area contributed by atoms with Crippen molar-refractivity contribution in [1.29, 1.82) is 0 Å². The number of nitrogens with zero attached hydrogens (tertiary/aromatic N) is 1. The number of anilines is 1. The highest BCUT2D eigenvalue weighted by molar-refractivity contribution is 6.12. The molecule has 1 aliphatic rings. The highest BCUT2D eigenvalue weighted by atomic mass is 19.4. The number of halogens is 3. The van der Waals surface area contributed by atoms with Gasteiger partial charge in [-0.05, 0) is 38.3 Å². The summed E-state index contributed by atoms with van der Waals surface area (Å²) in [7, 11) is 1.03. The van der Waals surface area contributed by atoms with Crippen molar-refractivity contribution in [3.8, 4) is 5.75 Å². The van der Waals surface area contributed by atoms with Gasteiger partial charge in [0.25, 0.3) is 0 Å². The minimum absolute atomic E-state index is 0.0203. The van der Waals surface area contributed by atoms with Crippen LogP contribution in [-0.4, -0.2) is 36.3 Å². The first-order valence-electron chi connectivity index (χ1n) is 11.9. The van der Waals surface area contributed by atoms with E-state index in [0.717, 1.165) is 12.7 Å². The smallest absolute Gasteiger partial charge is 0.432 e. The molecule has 198 valence electrons. The second kappa shape index (κ2) is 9.64. The number of aromatic amines is 1. The largest absolute Gasteiger partial charge is 0.487 e. The molecule has 3 aromatic rings. The number of carbonyl (C=O) groups excluding carboxylic acids is 2. The zero-order valence-corrected chi connectivity index (χ0v) is 21.3. The molecule has 0 fully saturated rings. The summed E-state index contributed by atoms with van der Waals surface area (Å²) in [5, 5.41) is 0.0395. The average molecular weight is 519 g/mol. The van der Waals surface area contributed by atoms with E-state index in [4.69, 9.17) is 14.2 Å². The number of fused-ring (bicyclic) bond motifs is 3. The maximum absolute atomic E-state index is 14.1. The Hall–Kier alpha value is -3.69. The summed E-state index contributed by atoms with van der Waals surface area (Å²) in [4.78, 5) is 29.7. The summed E-state index contributed by atoms with van der Waals surface area (Å²) in [6, 6.07) is 10.7. The molecule has 1 aliphatic heterocycles. The molecule has 7 nitrogen and oxygen atoms in total. The van der Waals surface area contributed by atoms with Crippen LogP contribution in [0.15, 0.2) is 36.4 Å². The lowest BCUT2D eigenvalue weighted by Gasteiger charge is -2.25. The Morgan fingerprint density at radius 2 is 1.81 bits per heavy atom. The van der Waals surface area contributed by atoms with E-state index < -0.39 is 35.1 Å². The summed E-state index contributed by atoms with van der Waals surface area (Å²) in [6.45, 7) is 7.31. The number of methoxy groups -OCH3 is 1. The van der Waals surface area contributed by atoms with E-state index >= 15 is 0 Å². The number of rotatable bonds is 5. The topological polar surface area (TPSA) is 80.9 Å². The van der Waals surface area contributed by atoms with E-state index in [1.54, 1.807) is 20.8 Å². The van der Waals surface area contributed by atoms with Crippen molar-refractivity contribution in [3.63, 3.8) is 0 Å². The van der Waals surface area contributed by atoms with Crippen LogP contribution in [0.1, 0.15) is 67.2 Å². The van der Waals surface area contributed by atoms with Gasteiger partial charge in [-0.15, -0.1) is 0 Å². The lowest BCUT2D eigenvalue weighted by Crippen LogP contribution is -2.36. The zero-order valence-electron chi connectivity index (χ0n) is 21.3. The monoisotopic (exact) mass is 518 g/mol. The fraction of sp³-hybridized carbons (Fsp3) is 0.407. The van der Waals surface area contributed by atoms with Crippen LogP contribution < -0.4 is 9.64 Å². The number of nitrogens with one attached hydrogen (secondary N) is 1. The number of benzene rings is 2. The first kappa shape index (κ1) is 26.4. The van der Waals surface area contributed by atoms with Crippen molar-refractivity contribution < 1.29 is 37.0 Å². The number of alkyl halides is 3. The number of esters is 1. The van der Waals surface area contributed by atoms with E-state index in [-0.39, 0.29) is 35.7 Å². The fourth-order valence-corrected chi connectivity index (χ4v) is 4.59. The van der Waals surface area contributed by atoms with Gasteiger partial charge < -0.3 is 19.2 Å². The Morgan fingerprint density at radius 3 is 2.38 bits per heavy atom. The predicted molar refractivity (Wildman–Crippen MR) is 132 cm³/mol. The van der Waals surface area contributed by atoms with Crippen LogP contribution in [0.5, 0.6) is 5.75 Å². The van der Waals surface area contributed by atoms with Crippen molar-refractivity contribution in [1.82, 2.24) is 4.98 Å². The molecule has 0 unspecified atom stereocenters. The Bertz CT molecular complexity index is 1330. The van der Waals surface area contributed by atoms with Crippen molar-refractivity contribution in [2.45, 2.75) is 58.4 Å². The molecule has 10 heteroatoms. The van der Waals surface area contributed by atoms with Gasteiger partial charge >= 0.3 is 18.2 Å². The van der Waals surface area contributed by atoms with E-state index in [2.05, 4.69) is 4.98 Å². The molecule has 0 bridgehead atoms. The van der Waals surface area contributed by atoms with Gasteiger partial charge in [-0.1, -0.05) is 37.3 Å². The van der Waals surface area contributed by atoms with Gasteiger partial charge in [-0.25, -0.2) is 9.59 Å². The second-order valence-corrected chi connectivity index (χ2v) is 9.89. The summed E-state index contributed by atoms with van der Waals surface area (Å²) >= 11 is 0. The highest BCUT2D eigenvalue weighted by Gasteiger charge is 2.44. The quantitative estimate of drug-likeness (QED) is 0.376. The first-order valence-corrected chi connectivity index (χ1v) is 11.9. The van der Waals surface area contributed by atoms with Gasteiger partial charge in [0.05, 0.1) is 23.9 Å². The van der Waals surface area contributed by atoms with Gasteiger partial charge in [0.1, 0.15) is 23.7 Å². The number of carbonyl (C=O) groups is 2. The average Bonchev–Trinajstić information content (AvgIpc) is 3.40. The number of aromatic nitrogens is 1. The third-order valence-electron chi connectivity index (χ3n) is 6.18. The second-order valence-electron chi connectivity index (χ2n) is 9.89. The van der Waals surface area contributed by atoms with Gasteiger partial charge in [-0.3, -0.25) is 4.90 Å². The molecule has 0 saturated heterocycles. The molecule has 2 heterocycles. The Morgan fingerprint density at radius 1 is 1.14 bits per heavy atom. The molecule has 1 amide bonds. The van der Waals surface area contributed by atoms with Crippen LogP contribution >= 0.6 is 0 Å². The van der Waals surface area contributed by atoms with Gasteiger partial charge in [0.15, 0.2) is 0 Å². The molecule has 37 heavy (non-hydrogen) atoms. The lowest BCUT2D eigenvalue weighted by atomic mass is 9.92. The van der Waals surface area contributed by atoms with E-state index in [0.29, 0.717) is 17.7 Å². The van der Waals surface area contributed by atoms with Gasteiger partial charge in [-0.2, -0.15) is 13.2 Å². The van der Waals surface area contributed by atoms with Gasteiger partial charge in [0.2, 0.25) is 0 Å². The molecule has 0 saturated carbocycles. The number of hydrogen-bond donors (Lipinski definition) is 1. The first-order chi connectivity index (χ1) is 17.4.